The molecule has 0 unspecified atom stereocenters. The normalized spacial score (nSPS) is 36.1. The Morgan fingerprint density at radius 2 is 2.25 bits per heavy atom. The lowest BCUT2D eigenvalue weighted by Crippen LogP contribution is -2.29. The number of carbonyl (C=O) groups is 1. The maximum atomic E-state index is 11.4. The third kappa shape index (κ3) is 2.52. The lowest BCUT2D eigenvalue weighted by molar-refractivity contribution is -0.150. The highest BCUT2D eigenvalue weighted by atomic mass is 32.2. The molecule has 0 N–H and O–H groups in total. The topological polar surface area (TPSA) is 44.8 Å². The van der Waals surface area contributed by atoms with E-state index >= 15 is 0 Å². The number of hydrogen-bond donors (Lipinski definition) is 0. The highest BCUT2D eigenvalue weighted by molar-refractivity contribution is 8.00. The molecule has 0 aliphatic carbocycles. The maximum Gasteiger partial charge on any atom is 0.306 e. The minimum Gasteiger partial charge on any atom is -0.466 e. The van der Waals surface area contributed by atoms with Gasteiger partial charge in [-0.15, -0.1) is 0 Å². The number of carbonyl (C=O) groups excluding carboxylic acids is 1. The van der Waals surface area contributed by atoms with Crippen molar-refractivity contribution < 1.29 is 19.0 Å². The summed E-state index contributed by atoms with van der Waals surface area (Å²) in [7, 11) is 0. The van der Waals surface area contributed by atoms with Crippen LogP contribution >= 0.6 is 11.8 Å². The fourth-order valence-corrected chi connectivity index (χ4v) is 3.55. The zero-order valence-corrected chi connectivity index (χ0v) is 10.7. The van der Waals surface area contributed by atoms with Crippen LogP contribution in [0.3, 0.4) is 0 Å². The Hall–Kier alpha value is -0.260. The van der Waals surface area contributed by atoms with Crippen LogP contribution in [0.2, 0.25) is 0 Å². The van der Waals surface area contributed by atoms with Crippen molar-refractivity contribution >= 4 is 17.7 Å². The molecule has 0 bridgehead atoms. The standard InChI is InChI=1S/C11H18O4S/c1-4-13-9(12)5-8-10-7(6-16-8)14-11(2,3)15-10/h7-8,10H,4-6H2,1-3H3/t7-,8-,10-/m0/s1. The molecule has 4 nitrogen and oxygen atoms in total. The Bertz CT molecular complexity index is 279. The van der Waals surface area contributed by atoms with Gasteiger partial charge in [0.25, 0.3) is 0 Å². The maximum absolute atomic E-state index is 11.4. The molecule has 2 aliphatic rings. The number of hydrogen-bond acceptors (Lipinski definition) is 5. The van der Waals surface area contributed by atoms with E-state index in [1.165, 1.54) is 0 Å². The van der Waals surface area contributed by atoms with Gasteiger partial charge in [0.15, 0.2) is 5.79 Å². The molecule has 92 valence electrons. The summed E-state index contributed by atoms with van der Waals surface area (Å²) in [6, 6.07) is 0. The summed E-state index contributed by atoms with van der Waals surface area (Å²) in [5.74, 6) is 0.246. The van der Waals surface area contributed by atoms with Gasteiger partial charge in [0.2, 0.25) is 0 Å². The van der Waals surface area contributed by atoms with Crippen molar-refractivity contribution in [2.75, 3.05) is 12.4 Å². The molecule has 2 saturated heterocycles. The van der Waals surface area contributed by atoms with Gasteiger partial charge in [0.05, 0.1) is 19.1 Å². The minimum atomic E-state index is -0.511. The van der Waals surface area contributed by atoms with Crippen molar-refractivity contribution in [2.45, 2.75) is 50.4 Å². The first kappa shape index (κ1) is 12.2. The molecular weight excluding hydrogens is 228 g/mol. The van der Waals surface area contributed by atoms with Gasteiger partial charge in [-0.2, -0.15) is 11.8 Å². The van der Waals surface area contributed by atoms with E-state index in [1.54, 1.807) is 11.8 Å². The van der Waals surface area contributed by atoms with Gasteiger partial charge < -0.3 is 14.2 Å². The molecular formula is C11H18O4S. The first-order valence-corrected chi connectivity index (χ1v) is 6.69. The van der Waals surface area contributed by atoms with E-state index < -0.39 is 5.79 Å². The Kier molecular flexibility index (Phi) is 3.47. The van der Waals surface area contributed by atoms with Crippen LogP contribution in [0, 0.1) is 0 Å². The second-order valence-electron chi connectivity index (χ2n) is 4.52. The second kappa shape index (κ2) is 4.55. The van der Waals surface area contributed by atoms with Crippen LogP contribution in [0.5, 0.6) is 0 Å². The Morgan fingerprint density at radius 3 is 2.94 bits per heavy atom. The lowest BCUT2D eigenvalue weighted by atomic mass is 10.1. The highest BCUT2D eigenvalue weighted by Gasteiger charge is 2.49. The summed E-state index contributed by atoms with van der Waals surface area (Å²) in [5.41, 5.74) is 0. The predicted molar refractivity (Wildman–Crippen MR) is 61.3 cm³/mol. The molecule has 2 heterocycles. The minimum absolute atomic E-state index is 0.0319. The molecule has 0 aromatic rings. The van der Waals surface area contributed by atoms with Crippen molar-refractivity contribution in [3.05, 3.63) is 0 Å². The number of fused-ring (bicyclic) bond motifs is 1. The van der Waals surface area contributed by atoms with Crippen molar-refractivity contribution in [3.8, 4) is 0 Å². The Morgan fingerprint density at radius 1 is 1.50 bits per heavy atom. The van der Waals surface area contributed by atoms with Gasteiger partial charge in [-0.1, -0.05) is 0 Å². The molecule has 0 amide bonds. The van der Waals surface area contributed by atoms with E-state index in [0.29, 0.717) is 13.0 Å². The van der Waals surface area contributed by atoms with E-state index in [4.69, 9.17) is 14.2 Å². The van der Waals surface area contributed by atoms with E-state index in [-0.39, 0.29) is 23.4 Å². The van der Waals surface area contributed by atoms with Crippen molar-refractivity contribution in [1.29, 1.82) is 0 Å². The van der Waals surface area contributed by atoms with E-state index in [1.807, 2.05) is 20.8 Å². The third-order valence-corrected chi connectivity index (χ3v) is 4.12. The summed E-state index contributed by atoms with van der Waals surface area (Å²) in [6.07, 6.45) is 0.572. The van der Waals surface area contributed by atoms with Crippen LogP contribution in [-0.4, -0.2) is 41.6 Å². The third-order valence-electron chi connectivity index (χ3n) is 2.74. The van der Waals surface area contributed by atoms with E-state index in [0.717, 1.165) is 5.75 Å². The first-order chi connectivity index (χ1) is 7.52. The average Bonchev–Trinajstić information content (AvgIpc) is 2.64. The van der Waals surface area contributed by atoms with E-state index in [2.05, 4.69) is 0 Å². The van der Waals surface area contributed by atoms with Crippen molar-refractivity contribution in [3.63, 3.8) is 0 Å². The van der Waals surface area contributed by atoms with Crippen LogP contribution in [-0.2, 0) is 19.0 Å². The largest absolute Gasteiger partial charge is 0.466 e. The van der Waals surface area contributed by atoms with Crippen LogP contribution in [0.4, 0.5) is 0 Å². The van der Waals surface area contributed by atoms with Crippen LogP contribution in [0.25, 0.3) is 0 Å². The summed E-state index contributed by atoms with van der Waals surface area (Å²) in [4.78, 5) is 11.4. The fourth-order valence-electron chi connectivity index (χ4n) is 2.18. The first-order valence-electron chi connectivity index (χ1n) is 5.64. The Balaban J connectivity index is 1.91. The predicted octanol–water partition coefficient (Wildman–Crippen LogP) is 1.58. The fraction of sp³-hybridized carbons (Fsp3) is 0.909. The summed E-state index contributed by atoms with van der Waals surface area (Å²) in [6.45, 7) is 6.09. The molecule has 2 aliphatic heterocycles. The molecule has 0 radical (unpaired) electrons. The van der Waals surface area contributed by atoms with Crippen molar-refractivity contribution in [2.24, 2.45) is 0 Å². The SMILES string of the molecule is CCOC(=O)C[C@@H]1SC[C@@H]2OC(C)(C)O[C@@H]21. The zero-order valence-electron chi connectivity index (χ0n) is 9.89. The van der Waals surface area contributed by atoms with Crippen molar-refractivity contribution in [1.82, 2.24) is 0 Å². The number of esters is 1. The van der Waals surface area contributed by atoms with Gasteiger partial charge in [0.1, 0.15) is 6.10 Å². The average molecular weight is 246 g/mol. The summed E-state index contributed by atoms with van der Waals surface area (Å²) >= 11 is 1.74. The van der Waals surface area contributed by atoms with Crippen LogP contribution < -0.4 is 0 Å². The van der Waals surface area contributed by atoms with E-state index in [9.17, 15) is 4.79 Å². The van der Waals surface area contributed by atoms with Gasteiger partial charge in [0, 0.05) is 11.0 Å². The highest BCUT2D eigenvalue weighted by Crippen LogP contribution is 2.42. The number of thioether (sulfide) groups is 1. The smallest absolute Gasteiger partial charge is 0.306 e. The molecule has 0 aromatic heterocycles. The Labute approximate surface area is 100 Å². The molecule has 2 fully saturated rings. The lowest BCUT2D eigenvalue weighted by Gasteiger charge is -2.20. The summed E-state index contributed by atoms with van der Waals surface area (Å²) < 4.78 is 16.5. The summed E-state index contributed by atoms with van der Waals surface area (Å²) in [5, 5.41) is 0.172. The molecule has 0 spiro atoms. The zero-order chi connectivity index (χ0) is 11.8. The monoisotopic (exact) mass is 246 g/mol. The molecule has 16 heavy (non-hydrogen) atoms. The number of ether oxygens (including phenoxy) is 3. The molecule has 0 aromatic carbocycles. The molecule has 5 heteroatoms. The van der Waals surface area contributed by atoms with Gasteiger partial charge >= 0.3 is 5.97 Å². The molecule has 0 saturated carbocycles. The van der Waals surface area contributed by atoms with Gasteiger partial charge in [-0.25, -0.2) is 0 Å². The quantitative estimate of drug-likeness (QED) is 0.707. The number of rotatable bonds is 3. The van der Waals surface area contributed by atoms with Crippen LogP contribution in [0.1, 0.15) is 27.2 Å². The molecule has 2 rings (SSSR count). The second-order valence-corrected chi connectivity index (χ2v) is 5.79. The molecule has 3 atom stereocenters. The van der Waals surface area contributed by atoms with Gasteiger partial charge in [-0.05, 0) is 20.8 Å². The van der Waals surface area contributed by atoms with Crippen LogP contribution in [0.15, 0.2) is 0 Å². The van der Waals surface area contributed by atoms with Gasteiger partial charge in [-0.3, -0.25) is 4.79 Å².